The van der Waals surface area contributed by atoms with Gasteiger partial charge in [-0.2, -0.15) is 0 Å². The lowest BCUT2D eigenvalue weighted by molar-refractivity contribution is 0.201. The van der Waals surface area contributed by atoms with Gasteiger partial charge in [0.1, 0.15) is 0 Å². The normalized spacial score (nSPS) is 20.4. The highest BCUT2D eigenvalue weighted by molar-refractivity contribution is 5.78. The van der Waals surface area contributed by atoms with Gasteiger partial charge >= 0.3 is 0 Å². The minimum atomic E-state index is 0.235. The Morgan fingerprint density at radius 2 is 2.13 bits per heavy atom. The summed E-state index contributed by atoms with van der Waals surface area (Å²) in [6.07, 6.45) is 1.08. The molecule has 0 aliphatic carbocycles. The Hall–Kier alpha value is -0.810. The molecule has 5 heteroatoms. The molecule has 1 rings (SSSR count). The summed E-state index contributed by atoms with van der Waals surface area (Å²) >= 11 is 0. The number of β-amino-alcohol motifs (C(OH)–C–C–N with tert-alkyl or cyclic N) is 1. The second-order valence-electron chi connectivity index (χ2n) is 3.74. The van der Waals surface area contributed by atoms with Crippen molar-refractivity contribution in [3.63, 3.8) is 0 Å². The number of aliphatic imine (C=N–C) groups is 1. The maximum atomic E-state index is 8.87. The van der Waals surface area contributed by atoms with Crippen LogP contribution in [-0.4, -0.2) is 66.7 Å². The number of aliphatic hydroxyl groups excluding tert-OH is 1. The Morgan fingerprint density at radius 3 is 2.80 bits per heavy atom. The van der Waals surface area contributed by atoms with E-state index in [1.165, 1.54) is 0 Å². The Kier molecular flexibility index (Phi) is 5.42. The van der Waals surface area contributed by atoms with Gasteiger partial charge in [0, 0.05) is 32.7 Å². The van der Waals surface area contributed by atoms with E-state index in [-0.39, 0.29) is 6.61 Å². The van der Waals surface area contributed by atoms with Crippen LogP contribution in [-0.2, 0) is 0 Å². The monoisotopic (exact) mass is 214 g/mol. The van der Waals surface area contributed by atoms with Gasteiger partial charge in [-0.05, 0) is 19.9 Å². The Morgan fingerprint density at radius 1 is 1.33 bits per heavy atom. The summed E-state index contributed by atoms with van der Waals surface area (Å²) in [7, 11) is 0. The number of nitrogens with two attached hydrogens (primary N) is 1. The van der Waals surface area contributed by atoms with Crippen LogP contribution in [0.15, 0.2) is 4.99 Å². The lowest BCUT2D eigenvalue weighted by Gasteiger charge is -2.22. The van der Waals surface area contributed by atoms with E-state index >= 15 is 0 Å². The van der Waals surface area contributed by atoms with Crippen LogP contribution >= 0.6 is 0 Å². The summed E-state index contributed by atoms with van der Waals surface area (Å²) in [5.74, 6) is 0.656. The van der Waals surface area contributed by atoms with Crippen molar-refractivity contribution < 1.29 is 5.11 Å². The Labute approximate surface area is 91.6 Å². The highest BCUT2D eigenvalue weighted by Crippen LogP contribution is 2.02. The molecule has 0 aromatic heterocycles. The van der Waals surface area contributed by atoms with Gasteiger partial charge in [0.05, 0.1) is 6.61 Å². The molecule has 1 aliphatic rings. The zero-order valence-electron chi connectivity index (χ0n) is 9.52. The molecule has 0 radical (unpaired) electrons. The minimum Gasteiger partial charge on any atom is -0.395 e. The van der Waals surface area contributed by atoms with Crippen molar-refractivity contribution in [2.75, 3.05) is 45.9 Å². The maximum Gasteiger partial charge on any atom is 0.191 e. The van der Waals surface area contributed by atoms with E-state index in [1.54, 1.807) is 0 Å². The molecular weight excluding hydrogens is 192 g/mol. The van der Waals surface area contributed by atoms with Gasteiger partial charge in [-0.25, -0.2) is 0 Å². The third-order valence-electron chi connectivity index (χ3n) is 2.65. The molecule has 0 aromatic carbocycles. The first-order chi connectivity index (χ1) is 7.27. The molecule has 1 heterocycles. The summed E-state index contributed by atoms with van der Waals surface area (Å²) in [4.78, 5) is 8.60. The first-order valence-corrected chi connectivity index (χ1v) is 5.66. The third kappa shape index (κ3) is 4.05. The molecule has 0 unspecified atom stereocenters. The fourth-order valence-corrected chi connectivity index (χ4v) is 1.83. The van der Waals surface area contributed by atoms with Crippen LogP contribution in [0.3, 0.4) is 0 Å². The number of hydrogen-bond acceptors (Lipinski definition) is 3. The quantitative estimate of drug-likeness (QED) is 0.483. The van der Waals surface area contributed by atoms with Crippen molar-refractivity contribution in [1.82, 2.24) is 9.80 Å². The molecule has 0 amide bonds. The summed E-state index contributed by atoms with van der Waals surface area (Å²) < 4.78 is 0. The molecule has 88 valence electrons. The zero-order chi connectivity index (χ0) is 11.1. The number of hydrogen-bond donors (Lipinski definition) is 2. The van der Waals surface area contributed by atoms with Gasteiger partial charge in [-0.15, -0.1) is 0 Å². The number of guanidine groups is 1. The summed E-state index contributed by atoms with van der Waals surface area (Å²) in [6, 6.07) is 0. The highest BCUT2D eigenvalue weighted by atomic mass is 16.3. The Balaban J connectivity index is 2.41. The van der Waals surface area contributed by atoms with Crippen LogP contribution in [0.5, 0.6) is 0 Å². The van der Waals surface area contributed by atoms with Gasteiger partial charge < -0.3 is 15.7 Å². The zero-order valence-corrected chi connectivity index (χ0v) is 9.52. The SMILES string of the molecule is CCN=C(N)N1CCCN(CCO)CC1. The van der Waals surface area contributed by atoms with E-state index in [9.17, 15) is 0 Å². The molecule has 1 aliphatic heterocycles. The first-order valence-electron chi connectivity index (χ1n) is 5.66. The van der Waals surface area contributed by atoms with Crippen LogP contribution in [0.4, 0.5) is 0 Å². The minimum absolute atomic E-state index is 0.235. The van der Waals surface area contributed by atoms with Crippen molar-refractivity contribution >= 4 is 5.96 Å². The van der Waals surface area contributed by atoms with Gasteiger partial charge in [0.15, 0.2) is 5.96 Å². The molecule has 1 saturated heterocycles. The van der Waals surface area contributed by atoms with E-state index in [0.29, 0.717) is 5.96 Å². The second-order valence-corrected chi connectivity index (χ2v) is 3.74. The molecule has 0 bridgehead atoms. The van der Waals surface area contributed by atoms with Crippen molar-refractivity contribution in [2.45, 2.75) is 13.3 Å². The first kappa shape index (κ1) is 12.3. The molecule has 3 N–H and O–H groups in total. The predicted molar refractivity (Wildman–Crippen MR) is 61.9 cm³/mol. The summed E-state index contributed by atoms with van der Waals surface area (Å²) in [5.41, 5.74) is 5.86. The molecule has 0 aromatic rings. The van der Waals surface area contributed by atoms with Gasteiger partial charge in [-0.3, -0.25) is 9.89 Å². The van der Waals surface area contributed by atoms with Crippen molar-refractivity contribution in [3.8, 4) is 0 Å². The fourth-order valence-electron chi connectivity index (χ4n) is 1.83. The molecule has 0 atom stereocenters. The molecule has 5 nitrogen and oxygen atoms in total. The molecular formula is C10H22N4O. The van der Waals surface area contributed by atoms with Crippen molar-refractivity contribution in [1.29, 1.82) is 0 Å². The number of nitrogens with zero attached hydrogens (tertiary/aromatic N) is 3. The van der Waals surface area contributed by atoms with Crippen LogP contribution in [0.2, 0.25) is 0 Å². The third-order valence-corrected chi connectivity index (χ3v) is 2.65. The van der Waals surface area contributed by atoms with Gasteiger partial charge in [0.25, 0.3) is 0 Å². The maximum absolute atomic E-state index is 8.87. The van der Waals surface area contributed by atoms with Gasteiger partial charge in [0.2, 0.25) is 0 Å². The smallest absolute Gasteiger partial charge is 0.191 e. The van der Waals surface area contributed by atoms with E-state index in [4.69, 9.17) is 10.8 Å². The molecule has 0 saturated carbocycles. The topological polar surface area (TPSA) is 65.1 Å². The van der Waals surface area contributed by atoms with Crippen molar-refractivity contribution in [3.05, 3.63) is 0 Å². The lowest BCUT2D eigenvalue weighted by Crippen LogP contribution is -2.40. The number of aliphatic hydroxyl groups is 1. The van der Waals surface area contributed by atoms with Crippen LogP contribution in [0.1, 0.15) is 13.3 Å². The largest absolute Gasteiger partial charge is 0.395 e. The summed E-state index contributed by atoms with van der Waals surface area (Å²) in [5, 5.41) is 8.87. The van der Waals surface area contributed by atoms with E-state index in [0.717, 1.165) is 45.7 Å². The lowest BCUT2D eigenvalue weighted by atomic mass is 10.4. The number of rotatable bonds is 3. The molecule has 1 fully saturated rings. The average Bonchev–Trinajstić information content (AvgIpc) is 2.44. The van der Waals surface area contributed by atoms with Crippen LogP contribution in [0, 0.1) is 0 Å². The summed E-state index contributed by atoms with van der Waals surface area (Å²) in [6.45, 7) is 7.60. The average molecular weight is 214 g/mol. The second kappa shape index (κ2) is 6.63. The van der Waals surface area contributed by atoms with E-state index < -0.39 is 0 Å². The van der Waals surface area contributed by atoms with E-state index in [2.05, 4.69) is 14.8 Å². The molecule has 15 heavy (non-hydrogen) atoms. The molecule has 0 spiro atoms. The highest BCUT2D eigenvalue weighted by Gasteiger charge is 2.15. The predicted octanol–water partition coefficient (Wildman–Crippen LogP) is -0.679. The van der Waals surface area contributed by atoms with Crippen LogP contribution < -0.4 is 5.73 Å². The van der Waals surface area contributed by atoms with Gasteiger partial charge in [-0.1, -0.05) is 0 Å². The Bertz CT molecular complexity index is 208. The standard InChI is InChI=1S/C10H22N4O/c1-2-12-10(11)14-5-3-4-13(6-7-14)8-9-15/h15H,2-9H2,1H3,(H2,11,12). The van der Waals surface area contributed by atoms with Crippen molar-refractivity contribution in [2.24, 2.45) is 10.7 Å². The van der Waals surface area contributed by atoms with Crippen LogP contribution in [0.25, 0.3) is 0 Å². The van der Waals surface area contributed by atoms with E-state index in [1.807, 2.05) is 6.92 Å². The fraction of sp³-hybridized carbons (Fsp3) is 0.900.